The van der Waals surface area contributed by atoms with Crippen molar-refractivity contribution in [2.45, 2.75) is 13.8 Å². The Bertz CT molecular complexity index is 192. The molecule has 0 aromatic heterocycles. The molecule has 4 N–H and O–H groups in total. The van der Waals surface area contributed by atoms with E-state index in [0.29, 0.717) is 13.2 Å². The number of hydroxylamine groups is 1. The van der Waals surface area contributed by atoms with E-state index in [-0.39, 0.29) is 37.4 Å². The predicted molar refractivity (Wildman–Crippen MR) is 56.0 cm³/mol. The molecule has 0 heterocycles. The predicted octanol–water partition coefficient (Wildman–Crippen LogP) is -4.50. The summed E-state index contributed by atoms with van der Waals surface area (Å²) in [4.78, 5) is 25.0. The summed E-state index contributed by atoms with van der Waals surface area (Å²) in [5.74, 6) is -0.540. The molecule has 0 amide bonds. The second-order valence-corrected chi connectivity index (χ2v) is 2.39. The first-order valence-corrected chi connectivity index (χ1v) is 4.98. The van der Waals surface area contributed by atoms with Gasteiger partial charge in [0.1, 0.15) is 6.54 Å². The largest absolute Gasteiger partial charge is 1.00 e. The third-order valence-corrected chi connectivity index (χ3v) is 1.18. The van der Waals surface area contributed by atoms with Crippen molar-refractivity contribution in [3.05, 3.63) is 0 Å². The van der Waals surface area contributed by atoms with E-state index < -0.39 is 0 Å². The zero-order chi connectivity index (χ0) is 12.8. The number of quaternary nitrogens is 1. The number of ether oxygens (including phenoxy) is 2. The first-order valence-electron chi connectivity index (χ1n) is 4.98. The molecule has 104 valence electrons. The number of carbonyl (C=O) groups is 2. The standard InChI is InChI=1S/C5H11NO3.C4H9NO2.ClH/c1-3-9-5(7)4-6-8-2;1-2-7-4(6)3-5;/h6H,3-4H2,1-2H3;2-3,5H2,1H3;1H. The first-order chi connectivity index (χ1) is 7.62. The highest BCUT2D eigenvalue weighted by Crippen LogP contribution is 1.73. The highest BCUT2D eigenvalue weighted by molar-refractivity contribution is 5.71. The van der Waals surface area contributed by atoms with Crippen LogP contribution in [0.3, 0.4) is 0 Å². The summed E-state index contributed by atoms with van der Waals surface area (Å²) in [6, 6.07) is 0. The molecular weight excluding hydrogens is 252 g/mol. The SMILES string of the molecule is CCOC(=O)CNOC.CCOC(=O)C[NH3+].[Cl-]. The van der Waals surface area contributed by atoms with Gasteiger partial charge in [0, 0.05) is 0 Å². The van der Waals surface area contributed by atoms with Crippen molar-refractivity contribution in [2.24, 2.45) is 0 Å². The minimum absolute atomic E-state index is 0. The molecule has 17 heavy (non-hydrogen) atoms. The van der Waals surface area contributed by atoms with Crippen molar-refractivity contribution < 1.29 is 42.0 Å². The van der Waals surface area contributed by atoms with E-state index in [0.717, 1.165) is 0 Å². The lowest BCUT2D eigenvalue weighted by atomic mass is 10.7. The molecule has 0 unspecified atom stereocenters. The minimum atomic E-state index is -0.306. The summed E-state index contributed by atoms with van der Waals surface area (Å²) in [5.41, 5.74) is 5.69. The van der Waals surface area contributed by atoms with Crippen molar-refractivity contribution in [3.63, 3.8) is 0 Å². The lowest BCUT2D eigenvalue weighted by Crippen LogP contribution is -3.00. The second kappa shape index (κ2) is 17.5. The summed E-state index contributed by atoms with van der Waals surface area (Å²) in [6.45, 7) is 4.72. The lowest BCUT2D eigenvalue weighted by molar-refractivity contribution is -0.359. The normalized spacial score (nSPS) is 8.24. The number of carbonyl (C=O) groups excluding carboxylic acids is 2. The number of hydrogen-bond acceptors (Lipinski definition) is 6. The molecule has 0 spiro atoms. The van der Waals surface area contributed by atoms with Crippen molar-refractivity contribution in [2.75, 3.05) is 33.4 Å². The average Bonchev–Trinajstić information content (AvgIpc) is 2.28. The number of esters is 2. The molecule has 8 heteroatoms. The van der Waals surface area contributed by atoms with Gasteiger partial charge in [-0.2, -0.15) is 5.48 Å². The fourth-order valence-electron chi connectivity index (χ4n) is 0.576. The van der Waals surface area contributed by atoms with Crippen molar-refractivity contribution >= 4 is 11.9 Å². The summed E-state index contributed by atoms with van der Waals surface area (Å²) in [6.07, 6.45) is 0. The topological polar surface area (TPSA) is 102 Å². The van der Waals surface area contributed by atoms with E-state index in [4.69, 9.17) is 0 Å². The fourth-order valence-corrected chi connectivity index (χ4v) is 0.576. The molecule has 0 aromatic carbocycles. The summed E-state index contributed by atoms with van der Waals surface area (Å²) in [5, 5.41) is 0. The third kappa shape index (κ3) is 21.0. The van der Waals surface area contributed by atoms with Gasteiger partial charge in [0.2, 0.25) is 0 Å². The molecule has 0 fully saturated rings. The van der Waals surface area contributed by atoms with Gasteiger partial charge in [0.25, 0.3) is 0 Å². The Morgan fingerprint density at radius 2 is 1.59 bits per heavy atom. The third-order valence-electron chi connectivity index (χ3n) is 1.18. The molecule has 0 aliphatic heterocycles. The van der Waals surface area contributed by atoms with Crippen LogP contribution in [0.25, 0.3) is 0 Å². The monoisotopic (exact) mass is 272 g/mol. The van der Waals surface area contributed by atoms with Gasteiger partial charge in [-0.1, -0.05) is 0 Å². The molecule has 0 saturated carbocycles. The number of halogens is 1. The smallest absolute Gasteiger partial charge is 0.361 e. The second-order valence-electron chi connectivity index (χ2n) is 2.39. The van der Waals surface area contributed by atoms with Crippen LogP contribution in [-0.4, -0.2) is 45.4 Å². The van der Waals surface area contributed by atoms with Crippen LogP contribution in [0, 0.1) is 0 Å². The molecule has 0 aliphatic rings. The quantitative estimate of drug-likeness (QED) is 0.373. The van der Waals surface area contributed by atoms with Crippen LogP contribution in [0.2, 0.25) is 0 Å². The zero-order valence-corrected chi connectivity index (χ0v) is 11.2. The van der Waals surface area contributed by atoms with E-state index in [2.05, 4.69) is 25.5 Å². The molecule has 0 atom stereocenters. The Morgan fingerprint density at radius 1 is 1.12 bits per heavy atom. The van der Waals surface area contributed by atoms with Crippen LogP contribution in [0.4, 0.5) is 0 Å². The maximum absolute atomic E-state index is 10.4. The van der Waals surface area contributed by atoms with Gasteiger partial charge in [-0.05, 0) is 13.8 Å². The van der Waals surface area contributed by atoms with Crippen LogP contribution >= 0.6 is 0 Å². The highest BCUT2D eigenvalue weighted by Gasteiger charge is 1.97. The highest BCUT2D eigenvalue weighted by atomic mass is 35.5. The molecule has 0 saturated heterocycles. The van der Waals surface area contributed by atoms with E-state index in [1.165, 1.54) is 7.11 Å². The van der Waals surface area contributed by atoms with Crippen LogP contribution in [0.1, 0.15) is 13.8 Å². The van der Waals surface area contributed by atoms with E-state index in [9.17, 15) is 9.59 Å². The molecule has 7 nitrogen and oxygen atoms in total. The first kappa shape index (κ1) is 21.4. The Balaban J connectivity index is -0.000000224. The lowest BCUT2D eigenvalue weighted by Gasteiger charge is -2.00. The summed E-state index contributed by atoms with van der Waals surface area (Å²) < 4.78 is 9.05. The van der Waals surface area contributed by atoms with E-state index >= 15 is 0 Å². The van der Waals surface area contributed by atoms with Gasteiger partial charge in [0.15, 0.2) is 6.54 Å². The average molecular weight is 273 g/mol. The molecule has 0 aliphatic carbocycles. The van der Waals surface area contributed by atoms with Crippen LogP contribution < -0.4 is 23.6 Å². The number of hydrogen-bond donors (Lipinski definition) is 2. The molecule has 0 rings (SSSR count). The minimum Gasteiger partial charge on any atom is -1.00 e. The van der Waals surface area contributed by atoms with Crippen molar-refractivity contribution in [1.29, 1.82) is 0 Å². The Kier molecular flexibility index (Phi) is 22.0. The van der Waals surface area contributed by atoms with Crippen molar-refractivity contribution in [3.8, 4) is 0 Å². The van der Waals surface area contributed by atoms with Crippen LogP contribution in [-0.2, 0) is 23.9 Å². The Hall–Kier alpha value is -0.890. The van der Waals surface area contributed by atoms with Gasteiger partial charge >= 0.3 is 11.9 Å². The zero-order valence-electron chi connectivity index (χ0n) is 10.5. The molecule has 0 radical (unpaired) electrons. The molecular formula is C9H21ClN2O5. The van der Waals surface area contributed by atoms with Crippen LogP contribution in [0.15, 0.2) is 0 Å². The Labute approximate surface area is 107 Å². The number of nitrogens with one attached hydrogen (secondary N) is 1. The van der Waals surface area contributed by atoms with Gasteiger partial charge in [-0.3, -0.25) is 4.79 Å². The van der Waals surface area contributed by atoms with Gasteiger partial charge in [-0.25, -0.2) is 4.79 Å². The van der Waals surface area contributed by atoms with Crippen LogP contribution in [0.5, 0.6) is 0 Å². The number of rotatable bonds is 6. The van der Waals surface area contributed by atoms with Gasteiger partial charge < -0.3 is 32.5 Å². The summed E-state index contributed by atoms with van der Waals surface area (Å²) >= 11 is 0. The van der Waals surface area contributed by atoms with Gasteiger partial charge in [0.05, 0.1) is 20.3 Å². The molecule has 0 bridgehead atoms. The molecule has 0 aromatic rings. The Morgan fingerprint density at radius 3 is 1.88 bits per heavy atom. The fraction of sp³-hybridized carbons (Fsp3) is 0.778. The van der Waals surface area contributed by atoms with Crippen molar-refractivity contribution in [1.82, 2.24) is 5.48 Å². The maximum atomic E-state index is 10.4. The van der Waals surface area contributed by atoms with E-state index in [1.54, 1.807) is 13.8 Å². The van der Waals surface area contributed by atoms with E-state index in [1.807, 2.05) is 0 Å². The maximum Gasteiger partial charge on any atom is 0.361 e. The van der Waals surface area contributed by atoms with Gasteiger partial charge in [-0.15, -0.1) is 0 Å². The summed E-state index contributed by atoms with van der Waals surface area (Å²) in [7, 11) is 1.44.